The molecule has 0 saturated heterocycles. The molecule has 19 heavy (non-hydrogen) atoms. The number of rotatable bonds is 5. The standard InChI is InChI=1S/C13H21N3O.2ClH/c1-10(2)12(14)13(17)16(3)9-6-11-4-7-15-8-5-11;;/h4-5,7-8,10,12H,6,9,14H2,1-3H3;2*1H. The zero-order valence-electron chi connectivity index (χ0n) is 11.6. The summed E-state index contributed by atoms with van der Waals surface area (Å²) in [6, 6.07) is 3.51. The molecule has 1 aromatic rings. The number of hydrogen-bond donors (Lipinski definition) is 1. The van der Waals surface area contributed by atoms with Crippen molar-refractivity contribution in [2.45, 2.75) is 26.3 Å². The number of carbonyl (C=O) groups excluding carboxylic acids is 1. The smallest absolute Gasteiger partial charge is 0.239 e. The maximum Gasteiger partial charge on any atom is 0.239 e. The SMILES string of the molecule is CC(C)C(N)C(=O)N(C)CCc1ccncc1.Cl.Cl. The maximum atomic E-state index is 11.9. The number of pyridine rings is 1. The number of nitrogens with two attached hydrogens (primary N) is 1. The monoisotopic (exact) mass is 307 g/mol. The highest BCUT2D eigenvalue weighted by molar-refractivity contribution is 5.85. The van der Waals surface area contributed by atoms with Crippen LogP contribution in [0, 0.1) is 5.92 Å². The first-order valence-electron chi connectivity index (χ1n) is 5.92. The first kappa shape index (κ1) is 20.5. The maximum absolute atomic E-state index is 11.9. The second-order valence-electron chi connectivity index (χ2n) is 4.64. The van der Waals surface area contributed by atoms with Gasteiger partial charge in [-0.15, -0.1) is 24.8 Å². The predicted molar refractivity (Wildman–Crippen MR) is 82.9 cm³/mol. The Labute approximate surface area is 127 Å². The first-order valence-corrected chi connectivity index (χ1v) is 5.92. The summed E-state index contributed by atoms with van der Waals surface area (Å²) in [5.74, 6) is 0.180. The molecule has 0 fully saturated rings. The average Bonchev–Trinajstić information content (AvgIpc) is 2.35. The van der Waals surface area contributed by atoms with Gasteiger partial charge in [0.05, 0.1) is 6.04 Å². The molecule has 4 nitrogen and oxygen atoms in total. The number of amides is 1. The second kappa shape index (κ2) is 10.0. The van der Waals surface area contributed by atoms with E-state index in [0.29, 0.717) is 6.54 Å². The molecule has 1 rings (SSSR count). The quantitative estimate of drug-likeness (QED) is 0.904. The Morgan fingerprint density at radius 3 is 2.32 bits per heavy atom. The predicted octanol–water partition coefficient (Wildman–Crippen LogP) is 1.91. The van der Waals surface area contributed by atoms with Gasteiger partial charge in [-0.25, -0.2) is 0 Å². The fourth-order valence-electron chi connectivity index (χ4n) is 1.50. The Morgan fingerprint density at radius 2 is 1.84 bits per heavy atom. The minimum Gasteiger partial charge on any atom is -0.344 e. The molecule has 0 radical (unpaired) electrons. The van der Waals surface area contributed by atoms with Crippen LogP contribution in [0.2, 0.25) is 0 Å². The molecule has 0 saturated carbocycles. The van der Waals surface area contributed by atoms with Gasteiger partial charge in [0.25, 0.3) is 0 Å². The molecule has 0 spiro atoms. The van der Waals surface area contributed by atoms with Crippen molar-refractivity contribution < 1.29 is 4.79 Å². The molecule has 6 heteroatoms. The normalized spacial score (nSPS) is 11.2. The van der Waals surface area contributed by atoms with Crippen LogP contribution in [0.15, 0.2) is 24.5 Å². The Hall–Kier alpha value is -0.840. The van der Waals surface area contributed by atoms with Crippen molar-refractivity contribution in [2.24, 2.45) is 11.7 Å². The summed E-state index contributed by atoms with van der Waals surface area (Å²) in [6.07, 6.45) is 4.35. The summed E-state index contributed by atoms with van der Waals surface area (Å²) in [5, 5.41) is 0. The molecule has 1 heterocycles. The van der Waals surface area contributed by atoms with E-state index in [4.69, 9.17) is 5.73 Å². The fraction of sp³-hybridized carbons (Fsp3) is 0.538. The largest absolute Gasteiger partial charge is 0.344 e. The van der Waals surface area contributed by atoms with E-state index in [-0.39, 0.29) is 36.6 Å². The number of carbonyl (C=O) groups is 1. The highest BCUT2D eigenvalue weighted by atomic mass is 35.5. The van der Waals surface area contributed by atoms with E-state index in [1.807, 2.05) is 26.0 Å². The number of halogens is 2. The van der Waals surface area contributed by atoms with Gasteiger partial charge in [0.2, 0.25) is 5.91 Å². The summed E-state index contributed by atoms with van der Waals surface area (Å²) >= 11 is 0. The van der Waals surface area contributed by atoms with Gasteiger partial charge in [0, 0.05) is 26.0 Å². The topological polar surface area (TPSA) is 59.2 Å². The molecular weight excluding hydrogens is 285 g/mol. The van der Waals surface area contributed by atoms with Gasteiger partial charge in [-0.1, -0.05) is 13.8 Å². The summed E-state index contributed by atoms with van der Waals surface area (Å²) in [5.41, 5.74) is 7.01. The van der Waals surface area contributed by atoms with Crippen LogP contribution in [0.3, 0.4) is 0 Å². The molecule has 1 unspecified atom stereocenters. The van der Waals surface area contributed by atoms with Crippen LogP contribution >= 0.6 is 24.8 Å². The van der Waals surface area contributed by atoms with E-state index in [1.165, 1.54) is 5.56 Å². The fourth-order valence-corrected chi connectivity index (χ4v) is 1.50. The van der Waals surface area contributed by atoms with Crippen LogP contribution in [0.5, 0.6) is 0 Å². The van der Waals surface area contributed by atoms with Crippen molar-refractivity contribution in [3.05, 3.63) is 30.1 Å². The van der Waals surface area contributed by atoms with E-state index in [2.05, 4.69) is 4.98 Å². The Kier molecular flexibility index (Phi) is 10.8. The van der Waals surface area contributed by atoms with Crippen LogP contribution in [-0.2, 0) is 11.2 Å². The molecule has 0 aliphatic carbocycles. The van der Waals surface area contributed by atoms with Gasteiger partial charge >= 0.3 is 0 Å². The molecular formula is C13H23Cl2N3O. The van der Waals surface area contributed by atoms with Crippen LogP contribution in [-0.4, -0.2) is 35.4 Å². The van der Waals surface area contributed by atoms with Crippen molar-refractivity contribution in [2.75, 3.05) is 13.6 Å². The molecule has 110 valence electrons. The van der Waals surface area contributed by atoms with Crippen molar-refractivity contribution in [1.29, 1.82) is 0 Å². The molecule has 1 atom stereocenters. The van der Waals surface area contributed by atoms with Crippen LogP contribution in [0.25, 0.3) is 0 Å². The number of hydrogen-bond acceptors (Lipinski definition) is 3. The molecule has 0 aromatic carbocycles. The average molecular weight is 308 g/mol. The van der Waals surface area contributed by atoms with E-state index < -0.39 is 6.04 Å². The summed E-state index contributed by atoms with van der Waals surface area (Å²) < 4.78 is 0. The lowest BCUT2D eigenvalue weighted by Crippen LogP contribution is -2.45. The molecule has 0 aliphatic heterocycles. The third-order valence-electron chi connectivity index (χ3n) is 2.86. The highest BCUT2D eigenvalue weighted by Crippen LogP contribution is 2.04. The van der Waals surface area contributed by atoms with E-state index >= 15 is 0 Å². The summed E-state index contributed by atoms with van der Waals surface area (Å²) in [7, 11) is 1.80. The number of aromatic nitrogens is 1. The lowest BCUT2D eigenvalue weighted by Gasteiger charge is -2.23. The molecule has 0 aliphatic rings. The molecule has 1 amide bonds. The zero-order valence-corrected chi connectivity index (χ0v) is 13.2. The third kappa shape index (κ3) is 6.76. The minimum absolute atomic E-state index is 0. The van der Waals surface area contributed by atoms with Gasteiger partial charge < -0.3 is 10.6 Å². The summed E-state index contributed by atoms with van der Waals surface area (Å²) in [4.78, 5) is 17.6. The van der Waals surface area contributed by atoms with Crippen molar-refractivity contribution >= 4 is 30.7 Å². The van der Waals surface area contributed by atoms with Crippen LogP contribution < -0.4 is 5.73 Å². The summed E-state index contributed by atoms with van der Waals surface area (Å²) in [6.45, 7) is 4.60. The Balaban J connectivity index is 0. The van der Waals surface area contributed by atoms with Gasteiger partial charge in [0.15, 0.2) is 0 Å². The zero-order chi connectivity index (χ0) is 12.8. The van der Waals surface area contributed by atoms with E-state index in [9.17, 15) is 4.79 Å². The van der Waals surface area contributed by atoms with Gasteiger partial charge in [-0.2, -0.15) is 0 Å². The molecule has 0 bridgehead atoms. The van der Waals surface area contributed by atoms with Gasteiger partial charge in [-0.3, -0.25) is 9.78 Å². The Bertz CT molecular complexity index is 360. The van der Waals surface area contributed by atoms with E-state index in [0.717, 1.165) is 6.42 Å². The van der Waals surface area contributed by atoms with Gasteiger partial charge in [0.1, 0.15) is 0 Å². The molecule has 1 aromatic heterocycles. The van der Waals surface area contributed by atoms with Crippen LogP contribution in [0.1, 0.15) is 19.4 Å². The lowest BCUT2D eigenvalue weighted by molar-refractivity contribution is -0.132. The minimum atomic E-state index is -0.405. The van der Waals surface area contributed by atoms with Crippen molar-refractivity contribution in [3.63, 3.8) is 0 Å². The Morgan fingerprint density at radius 1 is 1.32 bits per heavy atom. The second-order valence-corrected chi connectivity index (χ2v) is 4.64. The van der Waals surface area contributed by atoms with Crippen molar-refractivity contribution in [3.8, 4) is 0 Å². The molecule has 2 N–H and O–H groups in total. The first-order chi connectivity index (χ1) is 8.02. The lowest BCUT2D eigenvalue weighted by atomic mass is 10.0. The third-order valence-corrected chi connectivity index (χ3v) is 2.86. The van der Waals surface area contributed by atoms with Gasteiger partial charge in [-0.05, 0) is 30.0 Å². The van der Waals surface area contributed by atoms with Crippen molar-refractivity contribution in [1.82, 2.24) is 9.88 Å². The highest BCUT2D eigenvalue weighted by Gasteiger charge is 2.20. The number of likely N-dealkylation sites (N-methyl/N-ethyl adjacent to an activating group) is 1. The van der Waals surface area contributed by atoms with E-state index in [1.54, 1.807) is 24.3 Å². The number of nitrogens with zero attached hydrogens (tertiary/aromatic N) is 2. The van der Waals surface area contributed by atoms with Crippen LogP contribution in [0.4, 0.5) is 0 Å².